The number of hydrogen-bond donors (Lipinski definition) is 1. The van der Waals surface area contributed by atoms with Crippen LogP contribution in [0.2, 0.25) is 0 Å². The van der Waals surface area contributed by atoms with Crippen molar-refractivity contribution in [1.82, 2.24) is 9.88 Å². The molecule has 0 unspecified atom stereocenters. The predicted molar refractivity (Wildman–Crippen MR) is 90.9 cm³/mol. The molecule has 5 heteroatoms. The van der Waals surface area contributed by atoms with E-state index < -0.39 is 5.60 Å². The van der Waals surface area contributed by atoms with E-state index in [1.165, 1.54) is 0 Å². The molecular formula is C19H22N2O3. The van der Waals surface area contributed by atoms with Gasteiger partial charge in [0.15, 0.2) is 0 Å². The second kappa shape index (κ2) is 6.61. The maximum atomic E-state index is 12.8. The highest BCUT2D eigenvalue weighted by Crippen LogP contribution is 2.35. The number of amides is 1. The van der Waals surface area contributed by atoms with Crippen LogP contribution in [-0.4, -0.2) is 40.6 Å². The molecule has 1 aliphatic heterocycles. The van der Waals surface area contributed by atoms with Crippen molar-refractivity contribution in [2.24, 2.45) is 0 Å². The van der Waals surface area contributed by atoms with Gasteiger partial charge >= 0.3 is 0 Å². The second-order valence-corrected chi connectivity index (χ2v) is 6.25. The average Bonchev–Trinajstić information content (AvgIpc) is 3.12. The lowest BCUT2D eigenvalue weighted by molar-refractivity contribution is -0.0179. The molecule has 0 bridgehead atoms. The fraction of sp³-hybridized carbons (Fsp3) is 0.368. The summed E-state index contributed by atoms with van der Waals surface area (Å²) in [4.78, 5) is 18.7. The van der Waals surface area contributed by atoms with E-state index in [4.69, 9.17) is 4.74 Å². The molecule has 126 valence electrons. The van der Waals surface area contributed by atoms with Gasteiger partial charge in [-0.1, -0.05) is 18.2 Å². The number of nitrogens with zero attached hydrogens (tertiary/aromatic N) is 2. The van der Waals surface area contributed by atoms with Crippen LogP contribution < -0.4 is 4.74 Å². The molecule has 1 fully saturated rings. The third-order valence-corrected chi connectivity index (χ3v) is 4.72. The van der Waals surface area contributed by atoms with Crippen LogP contribution >= 0.6 is 0 Å². The topological polar surface area (TPSA) is 62.7 Å². The van der Waals surface area contributed by atoms with Crippen molar-refractivity contribution in [2.75, 3.05) is 13.7 Å². The zero-order valence-corrected chi connectivity index (χ0v) is 14.0. The van der Waals surface area contributed by atoms with Crippen molar-refractivity contribution < 1.29 is 14.6 Å². The van der Waals surface area contributed by atoms with Crippen LogP contribution in [0, 0.1) is 0 Å². The van der Waals surface area contributed by atoms with Gasteiger partial charge in [-0.3, -0.25) is 9.78 Å². The standard InChI is InChI=1S/C19H22N2O3/c1-19(23,14-8-10-15(24-2)11-9-14)17-7-5-13-21(17)18(22)16-6-3-4-12-20-16/h3-4,6,8-12,17,23H,5,7,13H2,1-2H3/t17-,19+/m1/s1. The molecular weight excluding hydrogens is 304 g/mol. The Morgan fingerprint density at radius 1 is 1.29 bits per heavy atom. The number of aromatic nitrogens is 1. The number of hydrogen-bond acceptors (Lipinski definition) is 4. The first kappa shape index (κ1) is 16.5. The summed E-state index contributed by atoms with van der Waals surface area (Å²) in [5, 5.41) is 11.2. The van der Waals surface area contributed by atoms with Crippen LogP contribution in [0.4, 0.5) is 0 Å². The van der Waals surface area contributed by atoms with E-state index in [9.17, 15) is 9.90 Å². The zero-order valence-electron chi connectivity index (χ0n) is 14.0. The molecule has 1 saturated heterocycles. The van der Waals surface area contributed by atoms with E-state index in [2.05, 4.69) is 4.98 Å². The fourth-order valence-electron chi connectivity index (χ4n) is 3.35. The molecule has 1 amide bonds. The number of carbonyl (C=O) groups is 1. The fourth-order valence-corrected chi connectivity index (χ4v) is 3.35. The largest absolute Gasteiger partial charge is 0.497 e. The molecule has 0 saturated carbocycles. The molecule has 0 radical (unpaired) electrons. The SMILES string of the molecule is COc1ccc([C@](C)(O)[C@H]2CCCN2C(=O)c2ccccn2)cc1. The first-order valence-corrected chi connectivity index (χ1v) is 8.13. The van der Waals surface area contributed by atoms with E-state index >= 15 is 0 Å². The molecule has 2 heterocycles. The first-order valence-electron chi connectivity index (χ1n) is 8.13. The van der Waals surface area contributed by atoms with Gasteiger partial charge in [0.2, 0.25) is 0 Å². The number of pyridine rings is 1. The van der Waals surface area contributed by atoms with E-state index in [1.54, 1.807) is 43.3 Å². The summed E-state index contributed by atoms with van der Waals surface area (Å²) in [5.74, 6) is 0.606. The highest BCUT2D eigenvalue weighted by Gasteiger charge is 2.43. The van der Waals surface area contributed by atoms with Gasteiger partial charge in [0, 0.05) is 12.7 Å². The summed E-state index contributed by atoms with van der Waals surface area (Å²) in [5.41, 5.74) is 0.0525. The molecule has 2 atom stereocenters. The van der Waals surface area contributed by atoms with Crippen LogP contribution in [0.25, 0.3) is 0 Å². The normalized spacial score (nSPS) is 19.8. The number of rotatable bonds is 4. The predicted octanol–water partition coefficient (Wildman–Crippen LogP) is 2.60. The Bertz CT molecular complexity index is 698. The van der Waals surface area contributed by atoms with Crippen LogP contribution in [0.3, 0.4) is 0 Å². The van der Waals surface area contributed by atoms with E-state index in [0.717, 1.165) is 24.2 Å². The van der Waals surface area contributed by atoms with E-state index in [1.807, 2.05) is 24.3 Å². The van der Waals surface area contributed by atoms with Crippen molar-refractivity contribution in [2.45, 2.75) is 31.4 Å². The number of benzene rings is 1. The number of carbonyl (C=O) groups excluding carboxylic acids is 1. The highest BCUT2D eigenvalue weighted by atomic mass is 16.5. The maximum Gasteiger partial charge on any atom is 0.272 e. The summed E-state index contributed by atoms with van der Waals surface area (Å²) < 4.78 is 5.17. The smallest absolute Gasteiger partial charge is 0.272 e. The van der Waals surface area contributed by atoms with Crippen LogP contribution in [0.15, 0.2) is 48.7 Å². The first-order chi connectivity index (χ1) is 11.5. The van der Waals surface area contributed by atoms with Crippen molar-refractivity contribution in [3.8, 4) is 5.75 Å². The summed E-state index contributed by atoms with van der Waals surface area (Å²) in [6, 6.07) is 12.4. The van der Waals surface area contributed by atoms with Gasteiger partial charge in [0.05, 0.1) is 13.2 Å². The number of ether oxygens (including phenoxy) is 1. The van der Waals surface area contributed by atoms with Crippen molar-refractivity contribution in [3.63, 3.8) is 0 Å². The summed E-state index contributed by atoms with van der Waals surface area (Å²) in [6.07, 6.45) is 3.24. The summed E-state index contributed by atoms with van der Waals surface area (Å²) >= 11 is 0. The third kappa shape index (κ3) is 2.99. The summed E-state index contributed by atoms with van der Waals surface area (Å²) in [6.45, 7) is 2.40. The molecule has 5 nitrogen and oxygen atoms in total. The lowest BCUT2D eigenvalue weighted by Crippen LogP contribution is -2.48. The Hall–Kier alpha value is -2.40. The van der Waals surface area contributed by atoms with Gasteiger partial charge in [-0.25, -0.2) is 0 Å². The van der Waals surface area contributed by atoms with Gasteiger partial charge in [-0.05, 0) is 49.6 Å². The van der Waals surface area contributed by atoms with Crippen molar-refractivity contribution >= 4 is 5.91 Å². The number of likely N-dealkylation sites (tertiary alicyclic amines) is 1. The molecule has 3 rings (SSSR count). The number of aliphatic hydroxyl groups is 1. The minimum Gasteiger partial charge on any atom is -0.497 e. The van der Waals surface area contributed by atoms with Gasteiger partial charge in [0.25, 0.3) is 5.91 Å². The monoisotopic (exact) mass is 326 g/mol. The maximum absolute atomic E-state index is 12.8. The molecule has 0 aliphatic carbocycles. The Morgan fingerprint density at radius 3 is 2.67 bits per heavy atom. The van der Waals surface area contributed by atoms with Crippen molar-refractivity contribution in [1.29, 1.82) is 0 Å². The van der Waals surface area contributed by atoms with Crippen LogP contribution in [-0.2, 0) is 5.60 Å². The van der Waals surface area contributed by atoms with Crippen LogP contribution in [0.5, 0.6) is 5.75 Å². The third-order valence-electron chi connectivity index (χ3n) is 4.72. The number of methoxy groups -OCH3 is 1. The molecule has 24 heavy (non-hydrogen) atoms. The van der Waals surface area contributed by atoms with Crippen LogP contribution in [0.1, 0.15) is 35.8 Å². The Kier molecular flexibility index (Phi) is 4.53. The molecule has 2 aromatic rings. The van der Waals surface area contributed by atoms with E-state index in [-0.39, 0.29) is 11.9 Å². The van der Waals surface area contributed by atoms with Crippen molar-refractivity contribution in [3.05, 3.63) is 59.9 Å². The minimum atomic E-state index is -1.13. The Labute approximate surface area is 141 Å². The molecule has 1 N–H and O–H groups in total. The molecule has 1 aliphatic rings. The zero-order chi connectivity index (χ0) is 17.2. The quantitative estimate of drug-likeness (QED) is 0.938. The molecule has 1 aromatic carbocycles. The second-order valence-electron chi connectivity index (χ2n) is 6.25. The summed E-state index contributed by atoms with van der Waals surface area (Å²) in [7, 11) is 1.61. The Balaban J connectivity index is 1.87. The molecule has 0 spiro atoms. The van der Waals surface area contributed by atoms with E-state index in [0.29, 0.717) is 12.2 Å². The lowest BCUT2D eigenvalue weighted by Gasteiger charge is -2.36. The van der Waals surface area contributed by atoms with Gasteiger partial charge in [-0.15, -0.1) is 0 Å². The lowest BCUT2D eigenvalue weighted by atomic mass is 9.86. The van der Waals surface area contributed by atoms with Gasteiger partial charge in [0.1, 0.15) is 17.0 Å². The van der Waals surface area contributed by atoms with Gasteiger partial charge < -0.3 is 14.7 Å². The highest BCUT2D eigenvalue weighted by molar-refractivity contribution is 5.92. The molecule has 1 aromatic heterocycles. The van der Waals surface area contributed by atoms with Gasteiger partial charge in [-0.2, -0.15) is 0 Å². The Morgan fingerprint density at radius 2 is 2.04 bits per heavy atom. The average molecular weight is 326 g/mol. The minimum absolute atomic E-state index is 0.133.